The van der Waals surface area contributed by atoms with Gasteiger partial charge in [-0.25, -0.2) is 4.98 Å². The van der Waals surface area contributed by atoms with Crippen LogP contribution >= 0.6 is 11.8 Å². The number of allylic oxidation sites excluding steroid dienone is 5. The number of ether oxygens (including phenoxy) is 1. The van der Waals surface area contributed by atoms with E-state index in [1.165, 1.54) is 68.1 Å². The van der Waals surface area contributed by atoms with E-state index in [-0.39, 0.29) is 39.7 Å². The largest absolute Gasteiger partial charge is 0.481 e. The van der Waals surface area contributed by atoms with E-state index in [0.29, 0.717) is 59.7 Å². The molecule has 7 aliphatic carbocycles. The molecule has 0 spiro atoms. The van der Waals surface area contributed by atoms with Gasteiger partial charge in [0, 0.05) is 17.0 Å². The van der Waals surface area contributed by atoms with Gasteiger partial charge in [0.05, 0.1) is 5.60 Å². The van der Waals surface area contributed by atoms with Crippen LogP contribution in [0.25, 0.3) is 0 Å². The molecule has 1 aromatic rings. The zero-order chi connectivity index (χ0) is 42.9. The molecule has 0 radical (unpaired) electrons. The number of pyridine rings is 1. The minimum absolute atomic E-state index is 0.00564. The lowest BCUT2D eigenvalue weighted by Crippen LogP contribution is -2.68. The van der Waals surface area contributed by atoms with Gasteiger partial charge in [-0.1, -0.05) is 58.9 Å². The zero-order valence-corrected chi connectivity index (χ0v) is 38.8. The van der Waals surface area contributed by atoms with Gasteiger partial charge < -0.3 is 20.3 Å². The third-order valence-corrected chi connectivity index (χ3v) is 20.8. The first-order valence-electron chi connectivity index (χ1n) is 23.7. The Labute approximate surface area is 366 Å². The maximum Gasteiger partial charge on any atom is 0.313 e. The highest BCUT2D eigenvalue weighted by Crippen LogP contribution is 2.76. The van der Waals surface area contributed by atoms with E-state index in [9.17, 15) is 20.3 Å². The summed E-state index contributed by atoms with van der Waals surface area (Å²) < 4.78 is 5.96. The summed E-state index contributed by atoms with van der Waals surface area (Å²) in [5, 5.41) is 36.7. The highest BCUT2D eigenvalue weighted by molar-refractivity contribution is 7.99. The highest BCUT2D eigenvalue weighted by Gasteiger charge is 2.70. The van der Waals surface area contributed by atoms with Crippen LogP contribution in [0.15, 0.2) is 53.8 Å². The molecular weight excluding hydrogens is 763 g/mol. The first-order valence-corrected chi connectivity index (χ1v) is 25.0. The normalized spacial score (nSPS) is 43.2. The molecule has 7 aliphatic rings. The molecule has 8 heteroatoms. The molecule has 60 heavy (non-hydrogen) atoms. The molecule has 0 saturated heterocycles. The maximum absolute atomic E-state index is 12.8. The number of carboxylic acids is 1. The number of aromatic nitrogens is 1. The average molecular weight is 838 g/mol. The van der Waals surface area contributed by atoms with Gasteiger partial charge in [0.15, 0.2) is 0 Å². The molecule has 0 unspecified atom stereocenters. The van der Waals surface area contributed by atoms with Gasteiger partial charge in [0.2, 0.25) is 5.88 Å². The summed E-state index contributed by atoms with van der Waals surface area (Å²) in [4.78, 5) is 17.0. The number of fused-ring (bicyclic) bond motifs is 7. The number of nitrogens with zero attached hydrogens (tertiary/aromatic N) is 2. The van der Waals surface area contributed by atoms with Gasteiger partial charge in [-0.2, -0.15) is 17.0 Å². The van der Waals surface area contributed by atoms with Crippen molar-refractivity contribution in [3.8, 4) is 11.9 Å². The SMILES string of the molecule is C=C(C)[C@@H]1CC[C@]2(NCC[C@]3(O)CC[C@@H](SC)CC3)CC[C@]3(C)[C@H](CC[C@@H]4[C@@]5(C)CC=C(C6=CC[C@@](COc7ncccc7C#N)(C(=O)O)CC6)C(C)(C)[C@@H]5CC[C@]43C)[C@@H]12. The Morgan fingerprint density at radius 3 is 2.40 bits per heavy atom. The van der Waals surface area contributed by atoms with Crippen LogP contribution in [-0.4, -0.2) is 57.0 Å². The Hall–Kier alpha value is -2.60. The molecule has 0 aromatic carbocycles. The number of carbonyl (C=O) groups is 1. The number of rotatable bonds is 11. The minimum atomic E-state index is -1.05. The maximum atomic E-state index is 12.8. The third kappa shape index (κ3) is 6.97. The van der Waals surface area contributed by atoms with E-state index in [1.807, 2.05) is 11.8 Å². The molecular formula is C52H75N3O4S. The Kier molecular flexibility index (Phi) is 11.7. The predicted molar refractivity (Wildman–Crippen MR) is 243 cm³/mol. The molecule has 1 heterocycles. The summed E-state index contributed by atoms with van der Waals surface area (Å²) in [7, 11) is 0. The van der Waals surface area contributed by atoms with Crippen molar-refractivity contribution >= 4 is 17.7 Å². The van der Waals surface area contributed by atoms with Crippen molar-refractivity contribution in [1.29, 1.82) is 5.26 Å². The van der Waals surface area contributed by atoms with Crippen LogP contribution in [0.2, 0.25) is 0 Å². The number of thioether (sulfide) groups is 1. The van der Waals surface area contributed by atoms with Crippen LogP contribution in [0.3, 0.4) is 0 Å². The van der Waals surface area contributed by atoms with Gasteiger partial charge in [0.1, 0.15) is 23.7 Å². The van der Waals surface area contributed by atoms with Crippen molar-refractivity contribution < 1.29 is 19.7 Å². The number of nitrogens with one attached hydrogen (secondary N) is 1. The summed E-state index contributed by atoms with van der Waals surface area (Å²) in [5.74, 6) is 2.40. The lowest BCUT2D eigenvalue weighted by Gasteiger charge is -2.72. The van der Waals surface area contributed by atoms with Crippen LogP contribution in [0.4, 0.5) is 0 Å². The predicted octanol–water partition coefficient (Wildman–Crippen LogP) is 11.5. The van der Waals surface area contributed by atoms with E-state index in [2.05, 4.69) is 82.9 Å². The van der Waals surface area contributed by atoms with Gasteiger partial charge in [-0.3, -0.25) is 4.79 Å². The fourth-order valence-corrected chi connectivity index (χ4v) is 16.8. The van der Waals surface area contributed by atoms with E-state index in [4.69, 9.17) is 4.74 Å². The van der Waals surface area contributed by atoms with Crippen LogP contribution in [0.5, 0.6) is 5.88 Å². The summed E-state index contributed by atoms with van der Waals surface area (Å²) >= 11 is 1.97. The number of nitriles is 1. The van der Waals surface area contributed by atoms with Crippen molar-refractivity contribution in [1.82, 2.24) is 10.3 Å². The molecule has 5 saturated carbocycles. The fourth-order valence-electron chi connectivity index (χ4n) is 16.1. The van der Waals surface area contributed by atoms with E-state index >= 15 is 0 Å². The molecule has 10 atom stereocenters. The molecule has 3 N–H and O–H groups in total. The molecule has 7 nitrogen and oxygen atoms in total. The van der Waals surface area contributed by atoms with Crippen molar-refractivity contribution in [2.75, 3.05) is 19.4 Å². The molecule has 5 fully saturated rings. The summed E-state index contributed by atoms with van der Waals surface area (Å²) in [6.07, 6.45) is 26.4. The summed E-state index contributed by atoms with van der Waals surface area (Å²) in [5.41, 5.74) is 3.74. The zero-order valence-electron chi connectivity index (χ0n) is 38.0. The number of hydrogen-bond acceptors (Lipinski definition) is 7. The second-order valence-corrected chi connectivity index (χ2v) is 23.6. The third-order valence-electron chi connectivity index (χ3n) is 19.7. The average Bonchev–Trinajstić information content (AvgIpc) is 3.61. The van der Waals surface area contributed by atoms with Crippen LogP contribution < -0.4 is 10.1 Å². The van der Waals surface area contributed by atoms with E-state index in [1.54, 1.807) is 18.3 Å². The van der Waals surface area contributed by atoms with Gasteiger partial charge in [0.25, 0.3) is 0 Å². The smallest absolute Gasteiger partial charge is 0.313 e. The standard InChI is InChI=1S/C52H75N3O4S/c1-34(2)38-17-26-52(55-31-29-51(58)24-15-37(60-8)16-25-51)28-27-48(6)40(43(38)52)11-12-42-47(5)20-18-39(46(3,4)41(47)19-21-49(42,48)7)35-13-22-50(23-14-35,45(56)57)33-59-44-36(32-53)10-9-30-54-44/h9-10,13,18,30,37-38,40-43,55,58H,1,11-12,14-17,19-29,31,33H2,2-8H3,(H,56,57)/t37-,38-,40+,41-,42+,43+,47-,48+,49+,50+,51+,52-/m0/s1. The molecule has 0 aliphatic heterocycles. The van der Waals surface area contributed by atoms with Crippen LogP contribution in [0, 0.1) is 68.0 Å². The first-order chi connectivity index (χ1) is 28.4. The van der Waals surface area contributed by atoms with Crippen LogP contribution in [-0.2, 0) is 4.79 Å². The highest BCUT2D eigenvalue weighted by atomic mass is 32.2. The Morgan fingerprint density at radius 1 is 0.967 bits per heavy atom. The van der Waals surface area contributed by atoms with Crippen molar-refractivity contribution in [2.24, 2.45) is 56.7 Å². The lowest BCUT2D eigenvalue weighted by molar-refractivity contribution is -0.221. The number of hydrogen-bond donors (Lipinski definition) is 3. The Balaban J connectivity index is 1.01. The quantitative estimate of drug-likeness (QED) is 0.189. The Morgan fingerprint density at radius 2 is 1.73 bits per heavy atom. The summed E-state index contributed by atoms with van der Waals surface area (Å²) in [6.45, 7) is 21.0. The minimum Gasteiger partial charge on any atom is -0.481 e. The van der Waals surface area contributed by atoms with Gasteiger partial charge in [-0.15, -0.1) is 0 Å². The van der Waals surface area contributed by atoms with Gasteiger partial charge >= 0.3 is 5.97 Å². The lowest BCUT2D eigenvalue weighted by atomic mass is 9.33. The van der Waals surface area contributed by atoms with Crippen molar-refractivity contribution in [3.63, 3.8) is 0 Å². The number of carboxylic acid groups (broad SMARTS) is 1. The second kappa shape index (κ2) is 15.9. The fraction of sp³-hybridized carbons (Fsp3) is 0.750. The van der Waals surface area contributed by atoms with E-state index in [0.717, 1.165) is 45.1 Å². The summed E-state index contributed by atoms with van der Waals surface area (Å²) in [6, 6.07) is 5.46. The van der Waals surface area contributed by atoms with Crippen molar-refractivity contribution in [2.45, 2.75) is 167 Å². The second-order valence-electron chi connectivity index (χ2n) is 22.5. The number of aliphatic hydroxyl groups is 1. The molecule has 8 rings (SSSR count). The topological polar surface area (TPSA) is 115 Å². The van der Waals surface area contributed by atoms with Crippen LogP contribution in [0.1, 0.15) is 156 Å². The van der Waals surface area contributed by atoms with Gasteiger partial charge in [-0.05, 0) is 203 Å². The monoisotopic (exact) mass is 838 g/mol. The molecule has 0 bridgehead atoms. The molecule has 328 valence electrons. The molecule has 1 aromatic heterocycles. The van der Waals surface area contributed by atoms with Crippen molar-refractivity contribution in [3.05, 3.63) is 59.3 Å². The Bertz CT molecular complexity index is 1940. The molecule has 0 amide bonds. The van der Waals surface area contributed by atoms with E-state index < -0.39 is 17.0 Å². The first kappa shape index (κ1) is 44.0. The number of aliphatic carboxylic acids is 1.